The maximum absolute atomic E-state index is 5.94. The molecule has 2 rings (SSSR count). The van der Waals surface area contributed by atoms with E-state index in [2.05, 4.69) is 40.2 Å². The van der Waals surface area contributed by atoms with Crippen LogP contribution >= 0.6 is 27.5 Å². The Hall–Kier alpha value is -0.990. The zero-order valence-electron chi connectivity index (χ0n) is 10.8. The lowest BCUT2D eigenvalue weighted by Gasteiger charge is -2.17. The molecule has 0 aliphatic rings. The molecule has 2 aromatic rings. The number of halogens is 2. The fraction of sp³-hybridized carbons (Fsp3) is 0.250. The van der Waals surface area contributed by atoms with E-state index in [4.69, 9.17) is 16.3 Å². The van der Waals surface area contributed by atoms with Crippen LogP contribution < -0.4 is 4.74 Å². The van der Waals surface area contributed by atoms with Crippen molar-refractivity contribution in [3.8, 4) is 5.75 Å². The molecule has 1 atom stereocenters. The van der Waals surface area contributed by atoms with E-state index < -0.39 is 0 Å². The first kappa shape index (κ1) is 14.4. The molecule has 0 N–H and O–H groups in total. The molecule has 0 aromatic heterocycles. The second kappa shape index (κ2) is 6.97. The fourth-order valence-electron chi connectivity index (χ4n) is 1.92. The van der Waals surface area contributed by atoms with E-state index in [1.807, 2.05) is 31.2 Å². The third kappa shape index (κ3) is 3.99. The summed E-state index contributed by atoms with van der Waals surface area (Å²) in [4.78, 5) is 0. The molecule has 100 valence electrons. The zero-order valence-corrected chi connectivity index (χ0v) is 13.1. The Labute approximate surface area is 127 Å². The first-order valence-electron chi connectivity index (χ1n) is 6.20. The molecular formula is C16H16BrClO. The van der Waals surface area contributed by atoms with E-state index in [0.717, 1.165) is 21.7 Å². The maximum atomic E-state index is 5.94. The molecule has 0 heterocycles. The molecule has 0 amide bonds. The van der Waals surface area contributed by atoms with Gasteiger partial charge in [-0.25, -0.2) is 0 Å². The molecule has 1 unspecified atom stereocenters. The van der Waals surface area contributed by atoms with Crippen LogP contribution in [0.4, 0.5) is 0 Å². The van der Waals surface area contributed by atoms with Gasteiger partial charge in [0.25, 0.3) is 0 Å². The third-order valence-corrected chi connectivity index (χ3v) is 4.05. The molecule has 3 heteroatoms. The summed E-state index contributed by atoms with van der Waals surface area (Å²) in [6.45, 7) is 2.66. The van der Waals surface area contributed by atoms with E-state index in [0.29, 0.717) is 12.5 Å². The molecule has 0 bridgehead atoms. The summed E-state index contributed by atoms with van der Waals surface area (Å²) in [5.41, 5.74) is 2.35. The van der Waals surface area contributed by atoms with Crippen molar-refractivity contribution in [1.82, 2.24) is 0 Å². The summed E-state index contributed by atoms with van der Waals surface area (Å²) in [5.74, 6) is 1.24. The number of alkyl halides is 1. The summed E-state index contributed by atoms with van der Waals surface area (Å²) in [7, 11) is 0. The van der Waals surface area contributed by atoms with E-state index in [9.17, 15) is 0 Å². The molecule has 0 radical (unpaired) electrons. The first-order chi connectivity index (χ1) is 9.20. The summed E-state index contributed by atoms with van der Waals surface area (Å²) in [6, 6.07) is 16.1. The number of ether oxygens (including phenoxy) is 1. The van der Waals surface area contributed by atoms with Gasteiger partial charge in [0.05, 0.1) is 6.61 Å². The summed E-state index contributed by atoms with van der Waals surface area (Å²) in [5, 5.41) is 1.62. The van der Waals surface area contributed by atoms with Gasteiger partial charge in [-0.1, -0.05) is 57.9 Å². The standard InChI is InChI=1S/C16H16BrClO/c1-12-9-15(18)7-8-16(12)19-11-14(10-17)13-5-3-2-4-6-13/h2-9,14H,10-11H2,1H3. The molecule has 0 aliphatic heterocycles. The Morgan fingerprint density at radius 3 is 2.53 bits per heavy atom. The Morgan fingerprint density at radius 1 is 1.16 bits per heavy atom. The summed E-state index contributed by atoms with van der Waals surface area (Å²) in [6.07, 6.45) is 0. The van der Waals surface area contributed by atoms with Crippen molar-refractivity contribution in [3.05, 3.63) is 64.7 Å². The number of hydrogen-bond acceptors (Lipinski definition) is 1. The Bertz CT molecular complexity index is 528. The molecule has 0 aliphatic carbocycles. The van der Waals surface area contributed by atoms with Crippen molar-refractivity contribution in [1.29, 1.82) is 0 Å². The average Bonchev–Trinajstić information content (AvgIpc) is 2.43. The van der Waals surface area contributed by atoms with Gasteiger partial charge < -0.3 is 4.74 Å². The molecule has 19 heavy (non-hydrogen) atoms. The molecule has 0 spiro atoms. The van der Waals surface area contributed by atoms with Crippen LogP contribution in [0.5, 0.6) is 5.75 Å². The van der Waals surface area contributed by atoms with Crippen molar-refractivity contribution in [2.45, 2.75) is 12.8 Å². The second-order valence-corrected chi connectivity index (χ2v) is 5.57. The highest BCUT2D eigenvalue weighted by atomic mass is 79.9. The van der Waals surface area contributed by atoms with Gasteiger partial charge in [-0.15, -0.1) is 0 Å². The normalized spacial score (nSPS) is 12.2. The van der Waals surface area contributed by atoms with Crippen LogP contribution in [0.2, 0.25) is 5.02 Å². The largest absolute Gasteiger partial charge is 0.493 e. The number of aryl methyl sites for hydroxylation is 1. The SMILES string of the molecule is Cc1cc(Cl)ccc1OCC(CBr)c1ccccc1. The minimum atomic E-state index is 0.344. The quantitative estimate of drug-likeness (QED) is 0.680. The Morgan fingerprint density at radius 2 is 1.89 bits per heavy atom. The van der Waals surface area contributed by atoms with Crippen molar-refractivity contribution in [2.24, 2.45) is 0 Å². The molecule has 2 aromatic carbocycles. The van der Waals surface area contributed by atoms with Crippen LogP contribution in [-0.2, 0) is 0 Å². The first-order valence-corrected chi connectivity index (χ1v) is 7.70. The second-order valence-electron chi connectivity index (χ2n) is 4.48. The number of benzene rings is 2. The van der Waals surface area contributed by atoms with Crippen molar-refractivity contribution in [3.63, 3.8) is 0 Å². The highest BCUT2D eigenvalue weighted by Crippen LogP contribution is 2.24. The van der Waals surface area contributed by atoms with Crippen LogP contribution in [0.25, 0.3) is 0 Å². The molecular weight excluding hydrogens is 324 g/mol. The minimum absolute atomic E-state index is 0.344. The molecule has 0 fully saturated rings. The molecule has 1 nitrogen and oxygen atoms in total. The lowest BCUT2D eigenvalue weighted by Crippen LogP contribution is -2.12. The fourth-order valence-corrected chi connectivity index (χ4v) is 2.71. The maximum Gasteiger partial charge on any atom is 0.122 e. The van der Waals surface area contributed by atoms with Crippen LogP contribution in [0.1, 0.15) is 17.0 Å². The number of rotatable bonds is 5. The van der Waals surface area contributed by atoms with Crippen LogP contribution in [0.15, 0.2) is 48.5 Å². The topological polar surface area (TPSA) is 9.23 Å². The Kier molecular flexibility index (Phi) is 5.29. The summed E-state index contributed by atoms with van der Waals surface area (Å²) >= 11 is 9.49. The third-order valence-electron chi connectivity index (χ3n) is 3.03. The lowest BCUT2D eigenvalue weighted by atomic mass is 10.0. The van der Waals surface area contributed by atoms with Crippen LogP contribution in [-0.4, -0.2) is 11.9 Å². The molecule has 0 saturated carbocycles. The van der Waals surface area contributed by atoms with Gasteiger partial charge in [-0.2, -0.15) is 0 Å². The summed E-state index contributed by atoms with van der Waals surface area (Å²) < 4.78 is 5.91. The lowest BCUT2D eigenvalue weighted by molar-refractivity contribution is 0.296. The van der Waals surface area contributed by atoms with Crippen LogP contribution in [0.3, 0.4) is 0 Å². The van der Waals surface area contributed by atoms with Crippen molar-refractivity contribution in [2.75, 3.05) is 11.9 Å². The van der Waals surface area contributed by atoms with E-state index in [-0.39, 0.29) is 0 Å². The average molecular weight is 340 g/mol. The minimum Gasteiger partial charge on any atom is -0.493 e. The van der Waals surface area contributed by atoms with E-state index in [1.165, 1.54) is 5.56 Å². The predicted molar refractivity (Wildman–Crippen MR) is 84.7 cm³/mol. The predicted octanol–water partition coefficient (Wildman–Crippen LogP) is 5.21. The van der Waals surface area contributed by atoms with Gasteiger partial charge in [0.1, 0.15) is 5.75 Å². The number of hydrogen-bond donors (Lipinski definition) is 0. The monoisotopic (exact) mass is 338 g/mol. The zero-order chi connectivity index (χ0) is 13.7. The van der Waals surface area contributed by atoms with E-state index in [1.54, 1.807) is 0 Å². The van der Waals surface area contributed by atoms with Gasteiger partial charge in [0, 0.05) is 16.3 Å². The Balaban J connectivity index is 2.04. The van der Waals surface area contributed by atoms with Gasteiger partial charge in [0.15, 0.2) is 0 Å². The van der Waals surface area contributed by atoms with Gasteiger partial charge in [0.2, 0.25) is 0 Å². The molecule has 0 saturated heterocycles. The van der Waals surface area contributed by atoms with Gasteiger partial charge in [-0.05, 0) is 36.2 Å². The van der Waals surface area contributed by atoms with E-state index >= 15 is 0 Å². The van der Waals surface area contributed by atoms with Crippen LogP contribution in [0, 0.1) is 6.92 Å². The van der Waals surface area contributed by atoms with Crippen molar-refractivity contribution < 1.29 is 4.74 Å². The van der Waals surface area contributed by atoms with Gasteiger partial charge in [-0.3, -0.25) is 0 Å². The van der Waals surface area contributed by atoms with Gasteiger partial charge >= 0.3 is 0 Å². The van der Waals surface area contributed by atoms with Crippen molar-refractivity contribution >= 4 is 27.5 Å². The highest BCUT2D eigenvalue weighted by Gasteiger charge is 2.11. The highest BCUT2D eigenvalue weighted by molar-refractivity contribution is 9.09. The smallest absolute Gasteiger partial charge is 0.122 e.